The molecule has 21 heavy (non-hydrogen) atoms. The number of ether oxygens (including phenoxy) is 1. The normalized spacial score (nSPS) is 11.1. The Balaban J connectivity index is 2.13. The van der Waals surface area contributed by atoms with Crippen molar-refractivity contribution in [3.05, 3.63) is 64.1 Å². The molecule has 1 N–H and O–H groups in total. The number of benzene rings is 2. The van der Waals surface area contributed by atoms with Gasteiger partial charge in [-0.15, -0.1) is 0 Å². The van der Waals surface area contributed by atoms with E-state index in [0.29, 0.717) is 11.3 Å². The van der Waals surface area contributed by atoms with Crippen LogP contribution in [-0.4, -0.2) is 18.7 Å². The summed E-state index contributed by atoms with van der Waals surface area (Å²) in [6.07, 6.45) is 0. The smallest absolute Gasteiger partial charge is 0.272 e. The fourth-order valence-corrected chi connectivity index (χ4v) is 2.22. The highest BCUT2D eigenvalue weighted by Crippen LogP contribution is 2.16. The molecule has 2 aromatic carbocycles. The summed E-state index contributed by atoms with van der Waals surface area (Å²) in [6, 6.07) is 14.7. The lowest BCUT2D eigenvalue weighted by Gasteiger charge is -2.06. The fourth-order valence-electron chi connectivity index (χ4n) is 1.75. The maximum Gasteiger partial charge on any atom is 0.272 e. The SMILES string of the molecule is COc1cccc(/C(C)=N/NC(=O)c2ccccc2Br)c1. The van der Waals surface area contributed by atoms with Gasteiger partial charge in [0.1, 0.15) is 5.75 Å². The minimum Gasteiger partial charge on any atom is -0.497 e. The molecule has 0 aromatic heterocycles. The molecular weight excluding hydrogens is 332 g/mol. The van der Waals surface area contributed by atoms with Gasteiger partial charge in [0.05, 0.1) is 18.4 Å². The van der Waals surface area contributed by atoms with Gasteiger partial charge in [-0.25, -0.2) is 5.43 Å². The predicted octanol–water partition coefficient (Wildman–Crippen LogP) is 3.61. The van der Waals surface area contributed by atoms with Gasteiger partial charge >= 0.3 is 0 Å². The van der Waals surface area contributed by atoms with E-state index >= 15 is 0 Å². The first-order valence-corrected chi connectivity index (χ1v) is 7.14. The van der Waals surface area contributed by atoms with Crippen LogP contribution in [0.25, 0.3) is 0 Å². The molecule has 0 bridgehead atoms. The van der Waals surface area contributed by atoms with Crippen molar-refractivity contribution in [1.82, 2.24) is 5.43 Å². The van der Waals surface area contributed by atoms with E-state index < -0.39 is 0 Å². The summed E-state index contributed by atoms with van der Waals surface area (Å²) >= 11 is 3.34. The lowest BCUT2D eigenvalue weighted by Crippen LogP contribution is -2.19. The Bertz CT molecular complexity index is 683. The number of methoxy groups -OCH3 is 1. The second-order valence-electron chi connectivity index (χ2n) is 4.35. The average Bonchev–Trinajstić information content (AvgIpc) is 2.52. The molecule has 0 radical (unpaired) electrons. The number of hydrogen-bond acceptors (Lipinski definition) is 3. The first-order chi connectivity index (χ1) is 10.1. The number of hydrogen-bond donors (Lipinski definition) is 1. The summed E-state index contributed by atoms with van der Waals surface area (Å²) in [6.45, 7) is 1.83. The predicted molar refractivity (Wildman–Crippen MR) is 86.8 cm³/mol. The van der Waals surface area contributed by atoms with E-state index in [-0.39, 0.29) is 5.91 Å². The second kappa shape index (κ2) is 7.04. The van der Waals surface area contributed by atoms with Crippen molar-refractivity contribution in [1.29, 1.82) is 0 Å². The maximum atomic E-state index is 12.1. The van der Waals surface area contributed by atoms with Crippen LogP contribution in [0.4, 0.5) is 0 Å². The standard InChI is InChI=1S/C16H15BrN2O2/c1-11(12-6-5-7-13(10-12)21-2)18-19-16(20)14-8-3-4-9-15(14)17/h3-10H,1-2H3,(H,19,20)/b18-11+. The Hall–Kier alpha value is -2.14. The van der Waals surface area contributed by atoms with Gasteiger partial charge in [0.15, 0.2) is 0 Å². The van der Waals surface area contributed by atoms with Gasteiger partial charge in [-0.05, 0) is 47.1 Å². The molecule has 0 spiro atoms. The van der Waals surface area contributed by atoms with Crippen LogP contribution in [0.15, 0.2) is 58.1 Å². The van der Waals surface area contributed by atoms with E-state index in [1.165, 1.54) is 0 Å². The van der Waals surface area contributed by atoms with Crippen LogP contribution >= 0.6 is 15.9 Å². The van der Waals surface area contributed by atoms with E-state index in [4.69, 9.17) is 4.74 Å². The highest BCUT2D eigenvalue weighted by atomic mass is 79.9. The summed E-state index contributed by atoms with van der Waals surface area (Å²) in [7, 11) is 1.61. The van der Waals surface area contributed by atoms with Gasteiger partial charge in [-0.1, -0.05) is 24.3 Å². The lowest BCUT2D eigenvalue weighted by molar-refractivity contribution is 0.0954. The minimum absolute atomic E-state index is 0.260. The molecule has 0 saturated carbocycles. The first-order valence-electron chi connectivity index (χ1n) is 6.35. The van der Waals surface area contributed by atoms with Gasteiger partial charge in [0, 0.05) is 10.0 Å². The highest BCUT2D eigenvalue weighted by Gasteiger charge is 2.08. The molecule has 2 aromatic rings. The Labute approximate surface area is 132 Å². The Morgan fingerprint density at radius 2 is 1.95 bits per heavy atom. The number of carbonyl (C=O) groups is 1. The van der Waals surface area contributed by atoms with E-state index in [0.717, 1.165) is 15.8 Å². The zero-order valence-electron chi connectivity index (χ0n) is 11.8. The largest absolute Gasteiger partial charge is 0.497 e. The molecule has 0 aliphatic rings. The topological polar surface area (TPSA) is 50.7 Å². The van der Waals surface area contributed by atoms with Crippen molar-refractivity contribution in [2.75, 3.05) is 7.11 Å². The lowest BCUT2D eigenvalue weighted by atomic mass is 10.1. The van der Waals surface area contributed by atoms with Crippen LogP contribution < -0.4 is 10.2 Å². The molecule has 0 aliphatic heterocycles. The van der Waals surface area contributed by atoms with Crippen LogP contribution in [0.1, 0.15) is 22.8 Å². The number of rotatable bonds is 4. The summed E-state index contributed by atoms with van der Waals surface area (Å²) < 4.78 is 5.90. The van der Waals surface area contributed by atoms with Gasteiger partial charge < -0.3 is 4.74 Å². The first kappa shape index (κ1) is 15.3. The van der Waals surface area contributed by atoms with Gasteiger partial charge in [0.25, 0.3) is 5.91 Å². The zero-order chi connectivity index (χ0) is 15.2. The molecule has 0 fully saturated rings. The molecule has 108 valence electrons. The van der Waals surface area contributed by atoms with E-state index in [1.807, 2.05) is 43.3 Å². The molecule has 0 atom stereocenters. The molecule has 5 heteroatoms. The van der Waals surface area contributed by atoms with Crippen molar-refractivity contribution in [2.45, 2.75) is 6.92 Å². The number of amides is 1. The minimum atomic E-state index is -0.260. The highest BCUT2D eigenvalue weighted by molar-refractivity contribution is 9.10. The molecule has 4 nitrogen and oxygen atoms in total. The van der Waals surface area contributed by atoms with Gasteiger partial charge in [0.2, 0.25) is 0 Å². The summed E-state index contributed by atoms with van der Waals surface area (Å²) in [4.78, 5) is 12.1. The van der Waals surface area contributed by atoms with Crippen LogP contribution in [0, 0.1) is 0 Å². The quantitative estimate of drug-likeness (QED) is 0.679. The van der Waals surface area contributed by atoms with Crippen LogP contribution in [0.5, 0.6) is 5.75 Å². The molecule has 2 rings (SSSR count). The average molecular weight is 347 g/mol. The monoisotopic (exact) mass is 346 g/mol. The molecule has 0 heterocycles. The number of halogens is 1. The third-order valence-corrected chi connectivity index (χ3v) is 3.62. The molecule has 0 unspecified atom stereocenters. The molecule has 0 aliphatic carbocycles. The maximum absolute atomic E-state index is 12.1. The van der Waals surface area contributed by atoms with Crippen LogP contribution in [0.3, 0.4) is 0 Å². The summed E-state index contributed by atoms with van der Waals surface area (Å²) in [5, 5.41) is 4.13. The van der Waals surface area contributed by atoms with Crippen molar-refractivity contribution >= 4 is 27.5 Å². The Kier molecular flexibility index (Phi) is 5.11. The third kappa shape index (κ3) is 3.92. The van der Waals surface area contributed by atoms with Crippen LogP contribution in [-0.2, 0) is 0 Å². The zero-order valence-corrected chi connectivity index (χ0v) is 13.3. The van der Waals surface area contributed by atoms with Crippen molar-refractivity contribution in [3.8, 4) is 5.75 Å². The molecule has 0 saturated heterocycles. The van der Waals surface area contributed by atoms with Gasteiger partial charge in [-0.3, -0.25) is 4.79 Å². The number of nitrogens with zero attached hydrogens (tertiary/aromatic N) is 1. The van der Waals surface area contributed by atoms with Crippen molar-refractivity contribution in [3.63, 3.8) is 0 Å². The second-order valence-corrected chi connectivity index (χ2v) is 5.20. The molecular formula is C16H15BrN2O2. The van der Waals surface area contributed by atoms with Gasteiger partial charge in [-0.2, -0.15) is 5.10 Å². The summed E-state index contributed by atoms with van der Waals surface area (Å²) in [5.41, 5.74) is 4.69. The summed E-state index contributed by atoms with van der Waals surface area (Å²) in [5.74, 6) is 0.490. The Morgan fingerprint density at radius 3 is 2.67 bits per heavy atom. The fraction of sp³-hybridized carbons (Fsp3) is 0.125. The third-order valence-electron chi connectivity index (χ3n) is 2.93. The molecule has 1 amide bonds. The number of nitrogens with one attached hydrogen (secondary N) is 1. The van der Waals surface area contributed by atoms with E-state index in [2.05, 4.69) is 26.5 Å². The number of hydrazone groups is 1. The van der Waals surface area contributed by atoms with Crippen LogP contribution in [0.2, 0.25) is 0 Å². The number of carbonyl (C=O) groups excluding carboxylic acids is 1. The Morgan fingerprint density at radius 1 is 1.19 bits per heavy atom. The van der Waals surface area contributed by atoms with E-state index in [1.54, 1.807) is 19.2 Å². The van der Waals surface area contributed by atoms with Crippen molar-refractivity contribution < 1.29 is 9.53 Å². The van der Waals surface area contributed by atoms with Crippen molar-refractivity contribution in [2.24, 2.45) is 5.10 Å². The van der Waals surface area contributed by atoms with E-state index in [9.17, 15) is 4.79 Å².